The van der Waals surface area contributed by atoms with E-state index in [-0.39, 0.29) is 11.9 Å². The van der Waals surface area contributed by atoms with Gasteiger partial charge in [-0.1, -0.05) is 35.3 Å². The minimum atomic E-state index is -0.205. The highest BCUT2D eigenvalue weighted by atomic mass is 35.5. The fourth-order valence-electron chi connectivity index (χ4n) is 1.80. The van der Waals surface area contributed by atoms with Crippen LogP contribution < -0.4 is 5.32 Å². The topological polar surface area (TPSA) is 12.0 Å². The van der Waals surface area contributed by atoms with Crippen molar-refractivity contribution in [3.05, 3.63) is 63.4 Å². The summed E-state index contributed by atoms with van der Waals surface area (Å²) in [6, 6.07) is 10.3. The van der Waals surface area contributed by atoms with Crippen molar-refractivity contribution in [2.75, 3.05) is 5.32 Å². The van der Waals surface area contributed by atoms with Crippen molar-refractivity contribution < 1.29 is 4.39 Å². The number of halogens is 3. The SMILES string of the molecule is Cc1ccc(C(C)Nc2cc(Cl)ccc2Cl)cc1F. The van der Waals surface area contributed by atoms with E-state index in [4.69, 9.17) is 23.2 Å². The molecule has 0 aliphatic heterocycles. The maximum Gasteiger partial charge on any atom is 0.126 e. The predicted octanol–water partition coefficient (Wildman–Crippen LogP) is 5.61. The first-order chi connectivity index (χ1) is 8.97. The van der Waals surface area contributed by atoms with Gasteiger partial charge in [0.05, 0.1) is 10.7 Å². The highest BCUT2D eigenvalue weighted by Crippen LogP contribution is 2.29. The molecule has 0 aromatic heterocycles. The third-order valence-electron chi connectivity index (χ3n) is 3.00. The van der Waals surface area contributed by atoms with E-state index < -0.39 is 0 Å². The molecule has 0 spiro atoms. The van der Waals surface area contributed by atoms with Gasteiger partial charge in [0.1, 0.15) is 5.82 Å². The number of benzene rings is 2. The Balaban J connectivity index is 2.22. The Hall–Kier alpha value is -1.25. The van der Waals surface area contributed by atoms with E-state index in [1.807, 2.05) is 13.0 Å². The molecule has 100 valence electrons. The van der Waals surface area contributed by atoms with E-state index in [0.717, 1.165) is 11.3 Å². The molecule has 19 heavy (non-hydrogen) atoms. The molecule has 1 unspecified atom stereocenters. The molecule has 2 rings (SSSR count). The molecule has 2 aromatic rings. The number of nitrogens with one attached hydrogen (secondary N) is 1. The van der Waals surface area contributed by atoms with Crippen LogP contribution in [0.3, 0.4) is 0 Å². The highest BCUT2D eigenvalue weighted by molar-refractivity contribution is 6.35. The minimum absolute atomic E-state index is 0.0638. The summed E-state index contributed by atoms with van der Waals surface area (Å²) in [5.41, 5.74) is 2.23. The second-order valence-corrected chi connectivity index (χ2v) is 5.34. The summed E-state index contributed by atoms with van der Waals surface area (Å²) in [4.78, 5) is 0. The van der Waals surface area contributed by atoms with Gasteiger partial charge < -0.3 is 5.32 Å². The molecular formula is C15H14Cl2FN. The molecule has 0 amide bonds. The number of anilines is 1. The van der Waals surface area contributed by atoms with Crippen molar-refractivity contribution >= 4 is 28.9 Å². The van der Waals surface area contributed by atoms with Crippen molar-refractivity contribution in [2.45, 2.75) is 19.9 Å². The van der Waals surface area contributed by atoms with Crippen LogP contribution in [0.4, 0.5) is 10.1 Å². The van der Waals surface area contributed by atoms with E-state index in [1.54, 1.807) is 31.2 Å². The van der Waals surface area contributed by atoms with Gasteiger partial charge in [0.2, 0.25) is 0 Å². The van der Waals surface area contributed by atoms with Gasteiger partial charge in [-0.15, -0.1) is 0 Å². The molecule has 0 radical (unpaired) electrons. The average molecular weight is 298 g/mol. The van der Waals surface area contributed by atoms with Crippen molar-refractivity contribution in [1.82, 2.24) is 0 Å². The summed E-state index contributed by atoms with van der Waals surface area (Å²) < 4.78 is 13.5. The number of rotatable bonds is 3. The molecule has 2 aromatic carbocycles. The van der Waals surface area contributed by atoms with Crippen LogP contribution in [-0.4, -0.2) is 0 Å². The molecule has 1 nitrogen and oxygen atoms in total. The zero-order chi connectivity index (χ0) is 14.0. The fourth-order valence-corrected chi connectivity index (χ4v) is 2.15. The average Bonchev–Trinajstić information content (AvgIpc) is 2.37. The van der Waals surface area contributed by atoms with Crippen molar-refractivity contribution in [1.29, 1.82) is 0 Å². The smallest absolute Gasteiger partial charge is 0.126 e. The molecule has 0 bridgehead atoms. The van der Waals surface area contributed by atoms with Gasteiger partial charge in [0.15, 0.2) is 0 Å². The summed E-state index contributed by atoms with van der Waals surface area (Å²) in [6.45, 7) is 3.69. The molecule has 0 saturated heterocycles. The molecule has 4 heteroatoms. The van der Waals surface area contributed by atoms with Gasteiger partial charge >= 0.3 is 0 Å². The van der Waals surface area contributed by atoms with Crippen molar-refractivity contribution in [3.63, 3.8) is 0 Å². The molecule has 1 N–H and O–H groups in total. The highest BCUT2D eigenvalue weighted by Gasteiger charge is 2.10. The third-order valence-corrected chi connectivity index (χ3v) is 3.56. The zero-order valence-corrected chi connectivity index (χ0v) is 12.2. The first-order valence-electron chi connectivity index (χ1n) is 5.95. The van der Waals surface area contributed by atoms with E-state index in [0.29, 0.717) is 15.6 Å². The van der Waals surface area contributed by atoms with Gasteiger partial charge in [0.25, 0.3) is 0 Å². The van der Waals surface area contributed by atoms with E-state index >= 15 is 0 Å². The lowest BCUT2D eigenvalue weighted by atomic mass is 10.1. The number of hydrogen-bond acceptors (Lipinski definition) is 1. The second-order valence-electron chi connectivity index (χ2n) is 4.50. The molecule has 1 atom stereocenters. The minimum Gasteiger partial charge on any atom is -0.377 e. The van der Waals surface area contributed by atoms with Crippen molar-refractivity contribution in [3.8, 4) is 0 Å². The largest absolute Gasteiger partial charge is 0.377 e. The van der Waals surface area contributed by atoms with Crippen LogP contribution >= 0.6 is 23.2 Å². The van der Waals surface area contributed by atoms with Crippen LogP contribution in [0.25, 0.3) is 0 Å². The summed E-state index contributed by atoms with van der Waals surface area (Å²) >= 11 is 12.0. The van der Waals surface area contributed by atoms with Crippen LogP contribution in [0.5, 0.6) is 0 Å². The first kappa shape index (κ1) is 14.2. The molecular weight excluding hydrogens is 284 g/mol. The molecule has 0 heterocycles. The van der Waals surface area contributed by atoms with E-state index in [1.165, 1.54) is 6.07 Å². The Morgan fingerprint density at radius 2 is 1.84 bits per heavy atom. The molecule has 0 aliphatic rings. The summed E-state index contributed by atoms with van der Waals surface area (Å²) in [5.74, 6) is -0.205. The lowest BCUT2D eigenvalue weighted by Crippen LogP contribution is -2.07. The fraction of sp³-hybridized carbons (Fsp3) is 0.200. The molecule has 0 aliphatic carbocycles. The van der Waals surface area contributed by atoms with Crippen molar-refractivity contribution in [2.24, 2.45) is 0 Å². The Morgan fingerprint density at radius 1 is 1.11 bits per heavy atom. The third kappa shape index (κ3) is 3.40. The Kier molecular flexibility index (Phi) is 4.33. The first-order valence-corrected chi connectivity index (χ1v) is 6.70. The zero-order valence-electron chi connectivity index (χ0n) is 10.7. The van der Waals surface area contributed by atoms with Gasteiger partial charge in [-0.3, -0.25) is 0 Å². The molecule has 0 saturated carbocycles. The van der Waals surface area contributed by atoms with Gasteiger partial charge in [-0.25, -0.2) is 4.39 Å². The van der Waals surface area contributed by atoms with Crippen LogP contribution in [0.2, 0.25) is 10.0 Å². The van der Waals surface area contributed by atoms with E-state index in [9.17, 15) is 4.39 Å². The Morgan fingerprint density at radius 3 is 2.53 bits per heavy atom. The Labute approximate surface area is 122 Å². The molecule has 0 fully saturated rings. The lowest BCUT2D eigenvalue weighted by Gasteiger charge is -2.17. The predicted molar refractivity (Wildman–Crippen MR) is 79.6 cm³/mol. The summed E-state index contributed by atoms with van der Waals surface area (Å²) in [5, 5.41) is 4.42. The van der Waals surface area contributed by atoms with Gasteiger partial charge in [-0.2, -0.15) is 0 Å². The number of aryl methyl sites for hydroxylation is 1. The quantitative estimate of drug-likeness (QED) is 0.776. The van der Waals surface area contributed by atoms with E-state index in [2.05, 4.69) is 5.32 Å². The van der Waals surface area contributed by atoms with Gasteiger partial charge in [-0.05, 0) is 49.2 Å². The van der Waals surface area contributed by atoms with Gasteiger partial charge in [0, 0.05) is 11.1 Å². The monoisotopic (exact) mass is 297 g/mol. The van der Waals surface area contributed by atoms with Crippen LogP contribution in [0.1, 0.15) is 24.1 Å². The maximum atomic E-state index is 13.5. The standard InChI is InChI=1S/C15H14Cl2FN/c1-9-3-4-11(7-14(9)18)10(2)19-15-8-12(16)5-6-13(15)17/h3-8,10,19H,1-2H3. The lowest BCUT2D eigenvalue weighted by molar-refractivity contribution is 0.614. The summed E-state index contributed by atoms with van der Waals surface area (Å²) in [7, 11) is 0. The maximum absolute atomic E-state index is 13.5. The normalized spacial score (nSPS) is 12.3. The van der Waals surface area contributed by atoms with Crippen LogP contribution in [0, 0.1) is 12.7 Å². The Bertz CT molecular complexity index is 599. The number of hydrogen-bond donors (Lipinski definition) is 1. The second kappa shape index (κ2) is 5.81. The van der Waals surface area contributed by atoms with Crippen LogP contribution in [-0.2, 0) is 0 Å². The summed E-state index contributed by atoms with van der Waals surface area (Å²) in [6.07, 6.45) is 0. The van der Waals surface area contributed by atoms with Crippen LogP contribution in [0.15, 0.2) is 36.4 Å².